The summed E-state index contributed by atoms with van der Waals surface area (Å²) in [5, 5.41) is 9.51. The summed E-state index contributed by atoms with van der Waals surface area (Å²) in [5.74, 6) is 0.338. The summed E-state index contributed by atoms with van der Waals surface area (Å²) in [7, 11) is 1.83. The van der Waals surface area contributed by atoms with E-state index >= 15 is 0 Å². The van der Waals surface area contributed by atoms with Crippen molar-refractivity contribution in [1.29, 1.82) is 0 Å². The molecule has 178 valence electrons. The summed E-state index contributed by atoms with van der Waals surface area (Å²) in [6.45, 7) is 2.02. The first-order chi connectivity index (χ1) is 17.0. The fraction of sp³-hybridized carbons (Fsp3) is 0.192. The Morgan fingerprint density at radius 1 is 1.03 bits per heavy atom. The quantitative estimate of drug-likeness (QED) is 0.378. The topological polar surface area (TPSA) is 84.3 Å². The van der Waals surface area contributed by atoms with Crippen LogP contribution in [0.15, 0.2) is 73.2 Å². The minimum Gasteiger partial charge on any atom is -0.457 e. The van der Waals surface area contributed by atoms with E-state index in [0.717, 1.165) is 24.3 Å². The maximum absolute atomic E-state index is 14.4. The molecule has 4 aromatic rings. The second-order valence-corrected chi connectivity index (χ2v) is 8.35. The van der Waals surface area contributed by atoms with Crippen LogP contribution in [0.1, 0.15) is 12.8 Å². The molecule has 2 N–H and O–H groups in total. The van der Waals surface area contributed by atoms with Crippen LogP contribution in [0, 0.1) is 5.82 Å². The molecule has 2 aromatic carbocycles. The van der Waals surface area contributed by atoms with E-state index in [9.17, 15) is 9.18 Å². The Morgan fingerprint density at radius 2 is 1.86 bits per heavy atom. The molecule has 1 saturated heterocycles. The van der Waals surface area contributed by atoms with E-state index in [1.807, 2.05) is 31.4 Å². The predicted octanol–water partition coefficient (Wildman–Crippen LogP) is 5.66. The Bertz CT molecular complexity index is 1350. The number of aromatic nitrogens is 3. The van der Waals surface area contributed by atoms with E-state index in [2.05, 4.69) is 25.6 Å². The summed E-state index contributed by atoms with van der Waals surface area (Å²) >= 11 is 0. The number of hydrogen-bond acceptors (Lipinski definition) is 5. The Morgan fingerprint density at radius 3 is 2.66 bits per heavy atom. The van der Waals surface area contributed by atoms with Crippen molar-refractivity contribution in [3.8, 4) is 22.8 Å². The number of halogens is 1. The molecular formula is C26H25FN6O2. The van der Waals surface area contributed by atoms with Gasteiger partial charge in [-0.2, -0.15) is 5.10 Å². The maximum atomic E-state index is 14.4. The van der Waals surface area contributed by atoms with Gasteiger partial charge in [-0.25, -0.2) is 9.18 Å². The van der Waals surface area contributed by atoms with Gasteiger partial charge in [0.1, 0.15) is 17.3 Å². The molecule has 2 amide bonds. The second-order valence-electron chi connectivity index (χ2n) is 8.35. The van der Waals surface area contributed by atoms with E-state index < -0.39 is 11.8 Å². The fourth-order valence-electron chi connectivity index (χ4n) is 4.03. The Balaban J connectivity index is 1.27. The highest BCUT2D eigenvalue weighted by atomic mass is 19.1. The van der Waals surface area contributed by atoms with Crippen LogP contribution in [-0.2, 0) is 7.05 Å². The zero-order valence-corrected chi connectivity index (χ0v) is 19.2. The molecule has 3 heterocycles. The average Bonchev–Trinajstić information content (AvgIpc) is 3.54. The second kappa shape index (κ2) is 9.84. The fourth-order valence-corrected chi connectivity index (χ4v) is 4.03. The van der Waals surface area contributed by atoms with Crippen molar-refractivity contribution in [1.82, 2.24) is 14.8 Å². The van der Waals surface area contributed by atoms with E-state index in [1.165, 1.54) is 31.0 Å². The van der Waals surface area contributed by atoms with Gasteiger partial charge in [0.15, 0.2) is 0 Å². The van der Waals surface area contributed by atoms with Gasteiger partial charge in [0.2, 0.25) is 0 Å². The van der Waals surface area contributed by atoms with Crippen molar-refractivity contribution < 1.29 is 13.9 Å². The number of nitrogens with one attached hydrogen (secondary N) is 2. The Kier molecular flexibility index (Phi) is 6.30. The molecule has 1 fully saturated rings. The third-order valence-electron chi connectivity index (χ3n) is 5.73. The summed E-state index contributed by atoms with van der Waals surface area (Å²) in [6.07, 6.45) is 7.53. The minimum absolute atomic E-state index is 0.0113. The van der Waals surface area contributed by atoms with Gasteiger partial charge >= 0.3 is 6.03 Å². The van der Waals surface area contributed by atoms with Crippen LogP contribution in [0.3, 0.4) is 0 Å². The lowest BCUT2D eigenvalue weighted by atomic mass is 10.2. The third-order valence-corrected chi connectivity index (χ3v) is 5.73. The van der Waals surface area contributed by atoms with Crippen molar-refractivity contribution in [3.05, 3.63) is 79.0 Å². The molecule has 5 rings (SSSR count). The molecule has 1 aliphatic rings. The molecule has 0 unspecified atom stereocenters. The molecule has 0 saturated carbocycles. The summed E-state index contributed by atoms with van der Waals surface area (Å²) in [6, 6.07) is 14.8. The van der Waals surface area contributed by atoms with Gasteiger partial charge in [-0.1, -0.05) is 6.07 Å². The highest BCUT2D eigenvalue weighted by molar-refractivity contribution is 6.00. The number of rotatable bonds is 6. The molecular weight excluding hydrogens is 447 g/mol. The number of amides is 2. The van der Waals surface area contributed by atoms with Crippen LogP contribution in [0.25, 0.3) is 11.3 Å². The van der Waals surface area contributed by atoms with Crippen molar-refractivity contribution in [2.45, 2.75) is 12.8 Å². The zero-order valence-electron chi connectivity index (χ0n) is 19.2. The number of aryl methyl sites for hydroxylation is 1. The molecule has 9 heteroatoms. The normalized spacial score (nSPS) is 13.0. The summed E-state index contributed by atoms with van der Waals surface area (Å²) < 4.78 is 22.0. The van der Waals surface area contributed by atoms with Gasteiger partial charge < -0.3 is 20.3 Å². The van der Waals surface area contributed by atoms with Crippen LogP contribution in [-0.4, -0.2) is 33.9 Å². The van der Waals surface area contributed by atoms with Gasteiger partial charge in [0, 0.05) is 61.6 Å². The number of ether oxygens (including phenoxy) is 1. The molecule has 0 aliphatic carbocycles. The SMILES string of the molecule is Cn1cc(-c2cc(Oc3ccc(F)c(NC(=O)Nc4cccc(N5CCCC5)c4)c3)ccn2)cn1. The number of benzene rings is 2. The molecule has 8 nitrogen and oxygen atoms in total. The maximum Gasteiger partial charge on any atom is 0.323 e. The largest absolute Gasteiger partial charge is 0.457 e. The first-order valence-electron chi connectivity index (χ1n) is 11.4. The highest BCUT2D eigenvalue weighted by Crippen LogP contribution is 2.29. The lowest BCUT2D eigenvalue weighted by Crippen LogP contribution is -2.21. The average molecular weight is 473 g/mol. The zero-order chi connectivity index (χ0) is 24.2. The van der Waals surface area contributed by atoms with Crippen LogP contribution in [0.5, 0.6) is 11.5 Å². The lowest BCUT2D eigenvalue weighted by molar-refractivity contribution is 0.262. The first-order valence-corrected chi connectivity index (χ1v) is 11.4. The van der Waals surface area contributed by atoms with E-state index in [4.69, 9.17) is 4.74 Å². The van der Waals surface area contributed by atoms with Crippen LogP contribution >= 0.6 is 0 Å². The lowest BCUT2D eigenvalue weighted by Gasteiger charge is -2.18. The number of carbonyl (C=O) groups is 1. The molecule has 0 atom stereocenters. The summed E-state index contributed by atoms with van der Waals surface area (Å²) in [5.41, 5.74) is 3.26. The third kappa shape index (κ3) is 5.40. The van der Waals surface area contributed by atoms with E-state index in [-0.39, 0.29) is 5.69 Å². The number of carbonyl (C=O) groups excluding carboxylic acids is 1. The number of anilines is 3. The summed E-state index contributed by atoms with van der Waals surface area (Å²) in [4.78, 5) is 19.2. The highest BCUT2D eigenvalue weighted by Gasteiger charge is 2.14. The van der Waals surface area contributed by atoms with Crippen molar-refractivity contribution in [3.63, 3.8) is 0 Å². The van der Waals surface area contributed by atoms with Crippen molar-refractivity contribution in [2.24, 2.45) is 7.05 Å². The van der Waals surface area contributed by atoms with Gasteiger partial charge in [-0.3, -0.25) is 9.67 Å². The Hall–Kier alpha value is -4.40. The van der Waals surface area contributed by atoms with Crippen LogP contribution in [0.4, 0.5) is 26.2 Å². The first kappa shape index (κ1) is 22.4. The molecule has 1 aliphatic heterocycles. The monoisotopic (exact) mass is 472 g/mol. The number of hydrogen-bond donors (Lipinski definition) is 2. The predicted molar refractivity (Wildman–Crippen MR) is 133 cm³/mol. The smallest absolute Gasteiger partial charge is 0.323 e. The molecule has 0 radical (unpaired) electrons. The van der Waals surface area contributed by atoms with Gasteiger partial charge in [0.25, 0.3) is 0 Å². The van der Waals surface area contributed by atoms with E-state index in [1.54, 1.807) is 35.3 Å². The van der Waals surface area contributed by atoms with Gasteiger partial charge in [0.05, 0.1) is 17.6 Å². The Labute approximate surface area is 202 Å². The van der Waals surface area contributed by atoms with Crippen LogP contribution in [0.2, 0.25) is 0 Å². The number of urea groups is 1. The van der Waals surface area contributed by atoms with Gasteiger partial charge in [-0.15, -0.1) is 0 Å². The number of pyridine rings is 1. The molecule has 0 bridgehead atoms. The number of nitrogens with zero attached hydrogens (tertiary/aromatic N) is 4. The standard InChI is InChI=1S/C26H25FN6O2/c1-32-17-18(16-29-32)24-14-22(9-10-28-24)35-21-7-8-23(27)25(15-21)31-26(34)30-19-5-4-6-20(13-19)33-11-2-3-12-33/h4-10,13-17H,2-3,11-12H2,1H3,(H2,30,31,34). The molecule has 0 spiro atoms. The van der Waals surface area contributed by atoms with Crippen molar-refractivity contribution >= 4 is 23.1 Å². The molecule has 35 heavy (non-hydrogen) atoms. The van der Waals surface area contributed by atoms with Crippen molar-refractivity contribution in [2.75, 3.05) is 28.6 Å². The van der Waals surface area contributed by atoms with Crippen LogP contribution < -0.4 is 20.3 Å². The molecule has 2 aromatic heterocycles. The van der Waals surface area contributed by atoms with E-state index in [0.29, 0.717) is 22.9 Å². The minimum atomic E-state index is -0.566. The van der Waals surface area contributed by atoms with Gasteiger partial charge in [-0.05, 0) is 49.2 Å².